The van der Waals surface area contributed by atoms with E-state index in [4.69, 9.17) is 14.2 Å². The second-order valence-electron chi connectivity index (χ2n) is 7.90. The molecule has 0 aromatic heterocycles. The highest BCUT2D eigenvalue weighted by Crippen LogP contribution is 2.20. The number of hydrogen-bond donors (Lipinski definition) is 0. The van der Waals surface area contributed by atoms with Crippen LogP contribution in [0.5, 0.6) is 5.75 Å². The zero-order valence-electron chi connectivity index (χ0n) is 19.4. The maximum Gasteiger partial charge on any atom is 0.339 e. The molecule has 174 valence electrons. The number of unbranched alkanes of at least 4 members (excludes halogenated alkanes) is 8. The molecule has 5 heteroatoms. The highest BCUT2D eigenvalue weighted by molar-refractivity contribution is 6.03. The van der Waals surface area contributed by atoms with Gasteiger partial charge in [0.2, 0.25) is 0 Å². The van der Waals surface area contributed by atoms with E-state index in [-0.39, 0.29) is 17.7 Å². The molecular formula is C27H36O5. The molecule has 2 rings (SSSR count). The summed E-state index contributed by atoms with van der Waals surface area (Å²) < 4.78 is 16.1. The van der Waals surface area contributed by atoms with Crippen molar-refractivity contribution < 1.29 is 23.8 Å². The van der Waals surface area contributed by atoms with Gasteiger partial charge in [0.1, 0.15) is 12.4 Å². The predicted octanol–water partition coefficient (Wildman–Crippen LogP) is 6.74. The molecule has 0 radical (unpaired) electrons. The van der Waals surface area contributed by atoms with Crippen molar-refractivity contribution in [2.75, 3.05) is 13.7 Å². The first-order valence-electron chi connectivity index (χ1n) is 11.7. The molecule has 0 heterocycles. The van der Waals surface area contributed by atoms with Gasteiger partial charge in [0.25, 0.3) is 0 Å². The Morgan fingerprint density at radius 3 is 1.84 bits per heavy atom. The van der Waals surface area contributed by atoms with Gasteiger partial charge in [-0.15, -0.1) is 0 Å². The molecule has 0 saturated heterocycles. The molecule has 0 atom stereocenters. The SMILES string of the molecule is CCCCCCCCCCCOC(=O)c1ccccc1C(=O)OCc1ccccc1OC. The summed E-state index contributed by atoms with van der Waals surface area (Å²) in [5.74, 6) is -0.408. The molecule has 0 aliphatic heterocycles. The van der Waals surface area contributed by atoms with Crippen LogP contribution in [0.1, 0.15) is 91.0 Å². The molecular weight excluding hydrogens is 404 g/mol. The van der Waals surface area contributed by atoms with E-state index in [1.54, 1.807) is 37.4 Å². The summed E-state index contributed by atoms with van der Waals surface area (Å²) in [6.07, 6.45) is 10.8. The third-order valence-corrected chi connectivity index (χ3v) is 5.40. The Bertz CT molecular complexity index is 830. The van der Waals surface area contributed by atoms with E-state index in [1.165, 1.54) is 38.5 Å². The van der Waals surface area contributed by atoms with Crippen LogP contribution in [-0.2, 0) is 16.1 Å². The molecule has 0 spiro atoms. The van der Waals surface area contributed by atoms with E-state index in [0.717, 1.165) is 24.8 Å². The van der Waals surface area contributed by atoms with Crippen LogP contribution in [0, 0.1) is 0 Å². The molecule has 0 unspecified atom stereocenters. The second-order valence-corrected chi connectivity index (χ2v) is 7.90. The van der Waals surface area contributed by atoms with Crippen LogP contribution in [0.2, 0.25) is 0 Å². The summed E-state index contributed by atoms with van der Waals surface area (Å²) in [4.78, 5) is 25.1. The first-order chi connectivity index (χ1) is 15.7. The average molecular weight is 441 g/mol. The fourth-order valence-corrected chi connectivity index (χ4v) is 3.54. The number of benzene rings is 2. The first-order valence-corrected chi connectivity index (χ1v) is 11.7. The minimum Gasteiger partial charge on any atom is -0.496 e. The van der Waals surface area contributed by atoms with Gasteiger partial charge < -0.3 is 14.2 Å². The normalized spacial score (nSPS) is 10.6. The van der Waals surface area contributed by atoms with E-state index < -0.39 is 11.9 Å². The quantitative estimate of drug-likeness (QED) is 0.227. The van der Waals surface area contributed by atoms with Gasteiger partial charge in [0.05, 0.1) is 24.8 Å². The van der Waals surface area contributed by atoms with Crippen LogP contribution < -0.4 is 4.74 Å². The van der Waals surface area contributed by atoms with Crippen molar-refractivity contribution in [1.29, 1.82) is 0 Å². The first kappa shape index (κ1) is 25.4. The highest BCUT2D eigenvalue weighted by atomic mass is 16.5. The van der Waals surface area contributed by atoms with E-state index in [0.29, 0.717) is 12.4 Å². The van der Waals surface area contributed by atoms with Crippen molar-refractivity contribution in [2.24, 2.45) is 0 Å². The third kappa shape index (κ3) is 8.74. The molecule has 2 aromatic carbocycles. The Kier molecular flexibility index (Phi) is 12.0. The third-order valence-electron chi connectivity index (χ3n) is 5.40. The van der Waals surface area contributed by atoms with Gasteiger partial charge in [-0.05, 0) is 24.6 Å². The van der Waals surface area contributed by atoms with Crippen LogP contribution in [-0.4, -0.2) is 25.7 Å². The maximum atomic E-state index is 12.6. The number of para-hydroxylation sites is 1. The Balaban J connectivity index is 1.76. The van der Waals surface area contributed by atoms with Gasteiger partial charge in [-0.3, -0.25) is 0 Å². The van der Waals surface area contributed by atoms with Crippen molar-refractivity contribution in [3.05, 3.63) is 65.2 Å². The van der Waals surface area contributed by atoms with Gasteiger partial charge in [0.15, 0.2) is 0 Å². The van der Waals surface area contributed by atoms with Gasteiger partial charge in [-0.2, -0.15) is 0 Å². The van der Waals surface area contributed by atoms with Gasteiger partial charge in [-0.25, -0.2) is 9.59 Å². The largest absolute Gasteiger partial charge is 0.496 e. The Morgan fingerprint density at radius 2 is 1.22 bits per heavy atom. The Hall–Kier alpha value is -2.82. The lowest BCUT2D eigenvalue weighted by atomic mass is 10.1. The van der Waals surface area contributed by atoms with E-state index >= 15 is 0 Å². The zero-order valence-corrected chi connectivity index (χ0v) is 19.4. The van der Waals surface area contributed by atoms with Gasteiger partial charge >= 0.3 is 11.9 Å². The summed E-state index contributed by atoms with van der Waals surface area (Å²) in [6, 6.07) is 13.9. The fraction of sp³-hybridized carbons (Fsp3) is 0.481. The molecule has 0 aliphatic rings. The molecule has 0 amide bonds. The minimum absolute atomic E-state index is 0.0602. The van der Waals surface area contributed by atoms with Crippen LogP contribution in [0.4, 0.5) is 0 Å². The summed E-state index contributed by atoms with van der Waals surface area (Å²) >= 11 is 0. The lowest BCUT2D eigenvalue weighted by Crippen LogP contribution is -2.14. The smallest absolute Gasteiger partial charge is 0.339 e. The van der Waals surface area contributed by atoms with Crippen LogP contribution in [0.25, 0.3) is 0 Å². The lowest BCUT2D eigenvalue weighted by Gasteiger charge is -2.11. The molecule has 0 aliphatic carbocycles. The number of esters is 2. The number of ether oxygens (including phenoxy) is 3. The number of carbonyl (C=O) groups excluding carboxylic acids is 2. The van der Waals surface area contributed by atoms with Crippen molar-refractivity contribution in [3.63, 3.8) is 0 Å². The van der Waals surface area contributed by atoms with Crippen molar-refractivity contribution >= 4 is 11.9 Å². The van der Waals surface area contributed by atoms with E-state index in [1.807, 2.05) is 18.2 Å². The number of methoxy groups -OCH3 is 1. The summed E-state index contributed by atoms with van der Waals surface area (Å²) in [6.45, 7) is 2.65. The molecule has 32 heavy (non-hydrogen) atoms. The Morgan fingerprint density at radius 1 is 0.688 bits per heavy atom. The number of rotatable bonds is 15. The van der Waals surface area contributed by atoms with Crippen LogP contribution >= 0.6 is 0 Å². The standard InChI is InChI=1S/C27H36O5/c1-3-4-5-6-7-8-9-10-15-20-31-26(28)23-17-12-13-18-24(23)27(29)32-21-22-16-11-14-19-25(22)30-2/h11-14,16-19H,3-10,15,20-21H2,1-2H3. The van der Waals surface area contributed by atoms with Gasteiger partial charge in [-0.1, -0.05) is 88.6 Å². The highest BCUT2D eigenvalue weighted by Gasteiger charge is 2.19. The molecule has 0 N–H and O–H groups in total. The number of carbonyl (C=O) groups is 2. The average Bonchev–Trinajstić information content (AvgIpc) is 2.83. The maximum absolute atomic E-state index is 12.6. The minimum atomic E-state index is -0.563. The van der Waals surface area contributed by atoms with E-state index in [9.17, 15) is 9.59 Å². The van der Waals surface area contributed by atoms with Crippen LogP contribution in [0.3, 0.4) is 0 Å². The predicted molar refractivity (Wildman–Crippen MR) is 126 cm³/mol. The summed E-state index contributed by atoms with van der Waals surface area (Å²) in [5, 5.41) is 0. The molecule has 0 bridgehead atoms. The zero-order chi connectivity index (χ0) is 23.0. The molecule has 0 fully saturated rings. The Labute approximate surface area is 192 Å². The second kappa shape index (κ2) is 15.1. The fourth-order valence-electron chi connectivity index (χ4n) is 3.54. The van der Waals surface area contributed by atoms with Crippen LogP contribution in [0.15, 0.2) is 48.5 Å². The monoisotopic (exact) mass is 440 g/mol. The summed E-state index contributed by atoms with van der Waals surface area (Å²) in [5.41, 5.74) is 1.20. The van der Waals surface area contributed by atoms with Crippen molar-refractivity contribution in [1.82, 2.24) is 0 Å². The van der Waals surface area contributed by atoms with E-state index in [2.05, 4.69) is 6.92 Å². The molecule has 2 aromatic rings. The van der Waals surface area contributed by atoms with Gasteiger partial charge in [0, 0.05) is 5.56 Å². The summed E-state index contributed by atoms with van der Waals surface area (Å²) in [7, 11) is 1.57. The lowest BCUT2D eigenvalue weighted by molar-refractivity contribution is 0.0434. The molecule has 0 saturated carbocycles. The van der Waals surface area contributed by atoms with Crippen molar-refractivity contribution in [3.8, 4) is 5.75 Å². The molecule has 5 nitrogen and oxygen atoms in total. The van der Waals surface area contributed by atoms with Crippen molar-refractivity contribution in [2.45, 2.75) is 71.3 Å². The topological polar surface area (TPSA) is 61.8 Å². The number of hydrogen-bond acceptors (Lipinski definition) is 5.